The van der Waals surface area contributed by atoms with Crippen LogP contribution in [0.4, 0.5) is 0 Å². The van der Waals surface area contributed by atoms with E-state index >= 15 is 0 Å². The summed E-state index contributed by atoms with van der Waals surface area (Å²) in [5.74, 6) is 0. The summed E-state index contributed by atoms with van der Waals surface area (Å²) in [6, 6.07) is 11.4. The van der Waals surface area contributed by atoms with E-state index in [4.69, 9.17) is 5.73 Å². The van der Waals surface area contributed by atoms with Crippen LogP contribution in [0.25, 0.3) is 10.9 Å². The maximum absolute atomic E-state index is 12.9. The number of aromatic nitrogens is 2. The Morgan fingerprint density at radius 2 is 1.90 bits per heavy atom. The Bertz CT molecular complexity index is 884. The molecule has 108 valence electrons. The molecule has 1 atom stereocenters. The fourth-order valence-corrected chi connectivity index (χ4v) is 3.97. The lowest BCUT2D eigenvalue weighted by molar-refractivity contribution is 0.584. The molecule has 0 amide bonds. The number of rotatable bonds is 3. The molecule has 2 N–H and O–H groups in total. The molecule has 3 aromatic rings. The Hall–Kier alpha value is -2.18. The van der Waals surface area contributed by atoms with Gasteiger partial charge in [-0.05, 0) is 31.2 Å². The lowest BCUT2D eigenvalue weighted by Gasteiger charge is -2.13. The molecule has 3 rings (SSSR count). The molecule has 2 aromatic heterocycles. The van der Waals surface area contributed by atoms with Crippen LogP contribution in [0.5, 0.6) is 0 Å². The number of hydrogen-bond acceptors (Lipinski definition) is 4. The van der Waals surface area contributed by atoms with Crippen molar-refractivity contribution in [3.63, 3.8) is 0 Å². The third-order valence-corrected chi connectivity index (χ3v) is 5.09. The van der Waals surface area contributed by atoms with Crippen molar-refractivity contribution in [2.24, 2.45) is 5.73 Å². The third-order valence-electron chi connectivity index (χ3n) is 3.33. The van der Waals surface area contributed by atoms with Crippen molar-refractivity contribution in [1.29, 1.82) is 0 Å². The second-order valence-electron chi connectivity index (χ2n) is 4.87. The number of nitrogens with two attached hydrogens (primary N) is 1. The van der Waals surface area contributed by atoms with Gasteiger partial charge in [-0.15, -0.1) is 0 Å². The monoisotopic (exact) mass is 301 g/mol. The lowest BCUT2D eigenvalue weighted by Crippen LogP contribution is -2.19. The van der Waals surface area contributed by atoms with Gasteiger partial charge in [0, 0.05) is 23.8 Å². The average molecular weight is 301 g/mol. The number of pyridine rings is 1. The zero-order valence-corrected chi connectivity index (χ0v) is 12.3. The molecule has 0 bridgehead atoms. The summed E-state index contributed by atoms with van der Waals surface area (Å²) < 4.78 is 27.2. The molecule has 2 heterocycles. The Balaban J connectivity index is 2.36. The quantitative estimate of drug-likeness (QED) is 0.805. The molecule has 0 aliphatic rings. The summed E-state index contributed by atoms with van der Waals surface area (Å²) >= 11 is 0. The second kappa shape index (κ2) is 4.98. The van der Waals surface area contributed by atoms with Crippen molar-refractivity contribution in [2.75, 3.05) is 0 Å². The van der Waals surface area contributed by atoms with Crippen LogP contribution >= 0.6 is 0 Å². The van der Waals surface area contributed by atoms with Crippen LogP contribution in [0.15, 0.2) is 59.8 Å². The first kappa shape index (κ1) is 13.8. The van der Waals surface area contributed by atoms with Gasteiger partial charge in [0.1, 0.15) is 0 Å². The van der Waals surface area contributed by atoms with E-state index in [0.29, 0.717) is 11.2 Å². The molecule has 0 saturated heterocycles. The first-order valence-electron chi connectivity index (χ1n) is 6.53. The summed E-state index contributed by atoms with van der Waals surface area (Å²) in [5, 5.41) is 0.754. The van der Waals surface area contributed by atoms with Gasteiger partial charge in [-0.1, -0.05) is 18.2 Å². The predicted octanol–water partition coefficient (Wildman–Crippen LogP) is 2.29. The summed E-state index contributed by atoms with van der Waals surface area (Å²) in [7, 11) is -3.69. The molecule has 0 aliphatic heterocycles. The van der Waals surface area contributed by atoms with Crippen LogP contribution in [0, 0.1) is 0 Å². The van der Waals surface area contributed by atoms with E-state index < -0.39 is 16.1 Å². The van der Waals surface area contributed by atoms with Crippen LogP contribution in [0.2, 0.25) is 0 Å². The molecule has 1 aromatic carbocycles. The fourth-order valence-electron chi connectivity index (χ4n) is 2.34. The molecule has 1 unspecified atom stereocenters. The lowest BCUT2D eigenvalue weighted by atomic mass is 10.2. The van der Waals surface area contributed by atoms with Crippen LogP contribution in [-0.4, -0.2) is 17.4 Å². The number of nitrogens with zero attached hydrogens (tertiary/aromatic N) is 2. The van der Waals surface area contributed by atoms with Gasteiger partial charge in [0.2, 0.25) is 0 Å². The maximum Gasteiger partial charge on any atom is 0.268 e. The summed E-state index contributed by atoms with van der Waals surface area (Å²) in [4.78, 5) is 4.27. The molecular formula is C15H15N3O2S. The summed E-state index contributed by atoms with van der Waals surface area (Å²) in [6.07, 6.45) is 3.21. The number of hydrogen-bond donors (Lipinski definition) is 1. The largest absolute Gasteiger partial charge is 0.323 e. The summed E-state index contributed by atoms with van der Waals surface area (Å²) in [6.45, 7) is 1.76. The molecule has 5 nitrogen and oxygen atoms in total. The second-order valence-corrected chi connectivity index (χ2v) is 6.66. The van der Waals surface area contributed by atoms with Gasteiger partial charge in [-0.2, -0.15) is 0 Å². The van der Waals surface area contributed by atoms with Crippen molar-refractivity contribution >= 4 is 20.9 Å². The van der Waals surface area contributed by atoms with Crippen molar-refractivity contribution in [3.8, 4) is 0 Å². The van der Waals surface area contributed by atoms with Crippen molar-refractivity contribution in [1.82, 2.24) is 8.96 Å². The molecule has 0 radical (unpaired) electrons. The highest BCUT2D eigenvalue weighted by Crippen LogP contribution is 2.27. The molecule has 0 aliphatic carbocycles. The minimum absolute atomic E-state index is 0.237. The minimum atomic E-state index is -3.69. The summed E-state index contributed by atoms with van der Waals surface area (Å²) in [5.41, 5.74) is 7.08. The highest BCUT2D eigenvalue weighted by Gasteiger charge is 2.24. The fraction of sp³-hybridized carbons (Fsp3) is 0.133. The van der Waals surface area contributed by atoms with Crippen molar-refractivity contribution < 1.29 is 8.42 Å². The Kier molecular flexibility index (Phi) is 3.27. The Labute approximate surface area is 123 Å². The van der Waals surface area contributed by atoms with Crippen molar-refractivity contribution in [3.05, 3.63) is 60.6 Å². The third kappa shape index (κ3) is 2.22. The molecular weight excluding hydrogens is 286 g/mol. The number of benzene rings is 1. The predicted molar refractivity (Wildman–Crippen MR) is 81.4 cm³/mol. The van der Waals surface area contributed by atoms with Gasteiger partial charge < -0.3 is 5.73 Å². The van der Waals surface area contributed by atoms with Gasteiger partial charge in [-0.3, -0.25) is 4.98 Å². The van der Waals surface area contributed by atoms with E-state index in [-0.39, 0.29) is 4.90 Å². The topological polar surface area (TPSA) is 78.0 Å². The van der Waals surface area contributed by atoms with Gasteiger partial charge in [0.25, 0.3) is 10.0 Å². The van der Waals surface area contributed by atoms with E-state index in [1.807, 2.05) is 0 Å². The zero-order chi connectivity index (χ0) is 15.0. The van der Waals surface area contributed by atoms with E-state index in [9.17, 15) is 8.42 Å². The average Bonchev–Trinajstić information content (AvgIpc) is 2.88. The van der Waals surface area contributed by atoms with Crippen molar-refractivity contribution in [2.45, 2.75) is 17.9 Å². The van der Waals surface area contributed by atoms with Crippen LogP contribution in [0.3, 0.4) is 0 Å². The standard InChI is InChI=1S/C15H15N3O2S/c1-11(16)15-9-12-10-17-8-7-14(12)18(15)21(19,20)13-5-3-2-4-6-13/h2-11H,16H2,1H3. The molecule has 21 heavy (non-hydrogen) atoms. The first-order valence-corrected chi connectivity index (χ1v) is 7.97. The SMILES string of the molecule is CC(N)c1cc2cnccc2n1S(=O)(=O)c1ccccc1. The van der Waals surface area contributed by atoms with Gasteiger partial charge in [0.05, 0.1) is 16.1 Å². The molecule has 0 saturated carbocycles. The zero-order valence-electron chi connectivity index (χ0n) is 11.5. The normalized spacial score (nSPS) is 13.4. The number of fused-ring (bicyclic) bond motifs is 1. The van der Waals surface area contributed by atoms with Gasteiger partial charge in [-0.25, -0.2) is 12.4 Å². The Morgan fingerprint density at radius 1 is 1.19 bits per heavy atom. The van der Waals surface area contributed by atoms with Crippen LogP contribution < -0.4 is 5.73 Å². The van der Waals surface area contributed by atoms with E-state index in [1.165, 1.54) is 3.97 Å². The highest BCUT2D eigenvalue weighted by molar-refractivity contribution is 7.90. The molecule has 6 heteroatoms. The highest BCUT2D eigenvalue weighted by atomic mass is 32.2. The van der Waals surface area contributed by atoms with E-state index in [0.717, 1.165) is 5.39 Å². The van der Waals surface area contributed by atoms with E-state index in [2.05, 4.69) is 4.98 Å². The molecule has 0 fully saturated rings. The van der Waals surface area contributed by atoms with Gasteiger partial charge in [0.15, 0.2) is 0 Å². The first-order chi connectivity index (χ1) is 10.0. The van der Waals surface area contributed by atoms with E-state index in [1.54, 1.807) is 61.8 Å². The van der Waals surface area contributed by atoms with Crippen LogP contribution in [0.1, 0.15) is 18.7 Å². The molecule has 0 spiro atoms. The van der Waals surface area contributed by atoms with Crippen LogP contribution in [-0.2, 0) is 10.0 Å². The Morgan fingerprint density at radius 3 is 2.57 bits per heavy atom. The maximum atomic E-state index is 12.9. The van der Waals surface area contributed by atoms with Gasteiger partial charge >= 0.3 is 0 Å². The smallest absolute Gasteiger partial charge is 0.268 e. The minimum Gasteiger partial charge on any atom is -0.323 e.